The van der Waals surface area contributed by atoms with Crippen LogP contribution in [0.1, 0.15) is 6.92 Å². The van der Waals surface area contributed by atoms with E-state index in [0.717, 1.165) is 0 Å². The molecule has 5 nitrogen and oxygen atoms in total. The van der Waals surface area contributed by atoms with Gasteiger partial charge in [0.15, 0.2) is 0 Å². The van der Waals surface area contributed by atoms with Crippen LogP contribution in [0.15, 0.2) is 12.3 Å². The lowest BCUT2D eigenvalue weighted by molar-refractivity contribution is -0.141. The van der Waals surface area contributed by atoms with Crippen molar-refractivity contribution in [2.75, 3.05) is 20.3 Å². The molecule has 1 unspecified atom stereocenters. The summed E-state index contributed by atoms with van der Waals surface area (Å²) in [6, 6.07) is -0.231. The van der Waals surface area contributed by atoms with Crippen LogP contribution in [0.2, 0.25) is 0 Å². The average Bonchev–Trinajstić information content (AvgIpc) is 2.93. The summed E-state index contributed by atoms with van der Waals surface area (Å²) in [5, 5.41) is 0. The Labute approximate surface area is 82.3 Å². The number of hydrogen-bond acceptors (Lipinski definition) is 5. The Morgan fingerprint density at radius 1 is 1.57 bits per heavy atom. The van der Waals surface area contributed by atoms with Crippen LogP contribution in [0.25, 0.3) is 0 Å². The maximum atomic E-state index is 10.9. The van der Waals surface area contributed by atoms with Crippen molar-refractivity contribution in [2.24, 2.45) is 0 Å². The highest BCUT2D eigenvalue weighted by atomic mass is 16.5. The van der Waals surface area contributed by atoms with Crippen molar-refractivity contribution in [2.45, 2.75) is 13.0 Å². The summed E-state index contributed by atoms with van der Waals surface area (Å²) in [6.07, 6.45) is 2.84. The zero-order valence-electron chi connectivity index (χ0n) is 8.23. The van der Waals surface area contributed by atoms with Gasteiger partial charge in [-0.1, -0.05) is 0 Å². The summed E-state index contributed by atoms with van der Waals surface area (Å²) in [5.74, 6) is -0.679. The molecule has 1 rings (SSSR count). The van der Waals surface area contributed by atoms with Crippen LogP contribution in [-0.2, 0) is 19.1 Å². The van der Waals surface area contributed by atoms with E-state index in [1.807, 2.05) is 0 Å². The smallest absolute Gasteiger partial charge is 0.332 e. The minimum absolute atomic E-state index is 0.231. The third-order valence-corrected chi connectivity index (χ3v) is 1.81. The van der Waals surface area contributed by atoms with Gasteiger partial charge in [-0.15, -0.1) is 0 Å². The highest BCUT2D eigenvalue weighted by molar-refractivity contribution is 5.83. The summed E-state index contributed by atoms with van der Waals surface area (Å²) in [4.78, 5) is 23.5. The average molecular weight is 199 g/mol. The second-order valence-corrected chi connectivity index (χ2v) is 2.80. The van der Waals surface area contributed by atoms with E-state index in [0.29, 0.717) is 13.2 Å². The van der Waals surface area contributed by atoms with Gasteiger partial charge in [-0.05, 0) is 6.92 Å². The van der Waals surface area contributed by atoms with Crippen LogP contribution in [0.5, 0.6) is 0 Å². The van der Waals surface area contributed by atoms with Crippen LogP contribution in [0.3, 0.4) is 0 Å². The van der Waals surface area contributed by atoms with Crippen LogP contribution in [0.4, 0.5) is 0 Å². The molecule has 0 amide bonds. The Kier molecular flexibility index (Phi) is 3.50. The Morgan fingerprint density at radius 2 is 2.29 bits per heavy atom. The number of ether oxygens (including phenoxy) is 2. The first kappa shape index (κ1) is 10.6. The summed E-state index contributed by atoms with van der Waals surface area (Å²) in [6.45, 7) is 2.69. The second-order valence-electron chi connectivity index (χ2n) is 2.80. The van der Waals surface area contributed by atoms with Crippen molar-refractivity contribution >= 4 is 11.9 Å². The second kappa shape index (κ2) is 4.64. The molecule has 1 atom stereocenters. The molecule has 1 saturated heterocycles. The van der Waals surface area contributed by atoms with E-state index in [4.69, 9.17) is 0 Å². The molecular weight excluding hydrogens is 186 g/mol. The van der Waals surface area contributed by atoms with Crippen LogP contribution >= 0.6 is 0 Å². The number of carbonyl (C=O) groups excluding carboxylic acids is 2. The number of carbonyl (C=O) groups is 2. The molecule has 0 aromatic heterocycles. The Bertz CT molecular complexity index is 262. The Hall–Kier alpha value is -1.52. The van der Waals surface area contributed by atoms with Gasteiger partial charge in [0.25, 0.3) is 0 Å². The molecule has 1 heterocycles. The van der Waals surface area contributed by atoms with E-state index < -0.39 is 5.97 Å². The molecule has 0 aromatic rings. The largest absolute Gasteiger partial charge is 0.467 e. The number of rotatable bonds is 4. The van der Waals surface area contributed by atoms with Crippen molar-refractivity contribution in [3.8, 4) is 0 Å². The lowest BCUT2D eigenvalue weighted by atomic mass is 10.5. The van der Waals surface area contributed by atoms with Crippen LogP contribution in [-0.4, -0.2) is 43.1 Å². The molecule has 0 spiro atoms. The van der Waals surface area contributed by atoms with E-state index in [9.17, 15) is 9.59 Å². The lowest BCUT2D eigenvalue weighted by Gasteiger charge is -1.97. The van der Waals surface area contributed by atoms with E-state index in [1.165, 1.54) is 13.2 Å². The molecule has 0 bridgehead atoms. The van der Waals surface area contributed by atoms with Gasteiger partial charge in [0, 0.05) is 18.8 Å². The van der Waals surface area contributed by atoms with E-state index in [1.54, 1.807) is 18.0 Å². The van der Waals surface area contributed by atoms with Gasteiger partial charge in [0.1, 0.15) is 6.04 Å². The normalized spacial score (nSPS) is 19.6. The van der Waals surface area contributed by atoms with Gasteiger partial charge in [-0.2, -0.15) is 0 Å². The Balaban J connectivity index is 2.28. The summed E-state index contributed by atoms with van der Waals surface area (Å²) in [7, 11) is 1.34. The number of esters is 2. The molecular formula is C9H13NO4. The molecule has 1 aliphatic rings. The third-order valence-electron chi connectivity index (χ3n) is 1.81. The maximum absolute atomic E-state index is 10.9. The first-order valence-corrected chi connectivity index (χ1v) is 4.37. The number of hydrogen-bond donors (Lipinski definition) is 0. The molecule has 1 aliphatic heterocycles. The first-order chi connectivity index (χ1) is 6.69. The van der Waals surface area contributed by atoms with Gasteiger partial charge in [-0.3, -0.25) is 0 Å². The van der Waals surface area contributed by atoms with Gasteiger partial charge in [0.2, 0.25) is 0 Å². The molecule has 14 heavy (non-hydrogen) atoms. The predicted molar refractivity (Wildman–Crippen MR) is 48.3 cm³/mol. The molecule has 0 aromatic carbocycles. The van der Waals surface area contributed by atoms with Crippen molar-refractivity contribution in [3.63, 3.8) is 0 Å². The fourth-order valence-electron chi connectivity index (χ4n) is 1.01. The van der Waals surface area contributed by atoms with Crippen LogP contribution in [0, 0.1) is 0 Å². The molecule has 5 heteroatoms. The molecule has 0 aliphatic carbocycles. The van der Waals surface area contributed by atoms with Gasteiger partial charge in [0.05, 0.1) is 13.7 Å². The van der Waals surface area contributed by atoms with Crippen LogP contribution < -0.4 is 0 Å². The highest BCUT2D eigenvalue weighted by Crippen LogP contribution is 2.18. The summed E-state index contributed by atoms with van der Waals surface area (Å²) in [5.41, 5.74) is 0. The fraction of sp³-hybridized carbons (Fsp3) is 0.556. The van der Waals surface area contributed by atoms with Gasteiger partial charge in [-0.25, -0.2) is 9.59 Å². The van der Waals surface area contributed by atoms with E-state index >= 15 is 0 Å². The van der Waals surface area contributed by atoms with Gasteiger partial charge < -0.3 is 14.4 Å². The quantitative estimate of drug-likeness (QED) is 0.360. The Morgan fingerprint density at radius 3 is 2.86 bits per heavy atom. The summed E-state index contributed by atoms with van der Waals surface area (Å²) < 4.78 is 9.20. The molecule has 78 valence electrons. The predicted octanol–water partition coefficient (Wildman–Crippen LogP) is -0.0796. The summed E-state index contributed by atoms with van der Waals surface area (Å²) >= 11 is 0. The minimum Gasteiger partial charge on any atom is -0.467 e. The first-order valence-electron chi connectivity index (χ1n) is 4.37. The molecule has 1 fully saturated rings. The maximum Gasteiger partial charge on any atom is 0.332 e. The van der Waals surface area contributed by atoms with Crippen molar-refractivity contribution in [1.29, 1.82) is 0 Å². The van der Waals surface area contributed by atoms with Crippen molar-refractivity contribution in [1.82, 2.24) is 4.90 Å². The zero-order valence-corrected chi connectivity index (χ0v) is 8.23. The third kappa shape index (κ3) is 2.76. The molecule has 0 N–H and O–H groups in total. The monoisotopic (exact) mass is 199 g/mol. The number of nitrogens with zero attached hydrogens (tertiary/aromatic N) is 1. The highest BCUT2D eigenvalue weighted by Gasteiger charge is 2.38. The van der Waals surface area contributed by atoms with Crippen molar-refractivity contribution < 1.29 is 19.1 Å². The fourth-order valence-corrected chi connectivity index (χ4v) is 1.01. The van der Waals surface area contributed by atoms with E-state index in [-0.39, 0.29) is 12.0 Å². The minimum atomic E-state index is -0.400. The molecule has 0 saturated carbocycles. The van der Waals surface area contributed by atoms with Gasteiger partial charge >= 0.3 is 11.9 Å². The SMILES string of the molecule is CCOC(=O)/C=C/N1CC1C(=O)OC. The number of methoxy groups -OCH3 is 1. The standard InChI is InChI=1S/C9H13NO4/c1-3-14-8(11)4-5-10-6-7(10)9(12)13-2/h4-5,7H,3,6H2,1-2H3/b5-4+. The lowest BCUT2D eigenvalue weighted by Crippen LogP contribution is -2.12. The van der Waals surface area contributed by atoms with Crippen molar-refractivity contribution in [3.05, 3.63) is 12.3 Å². The van der Waals surface area contributed by atoms with E-state index in [2.05, 4.69) is 9.47 Å². The molecule has 0 radical (unpaired) electrons. The zero-order chi connectivity index (χ0) is 10.6. The topological polar surface area (TPSA) is 55.6 Å².